The van der Waals surface area contributed by atoms with E-state index in [9.17, 15) is 4.79 Å². The molecule has 1 aliphatic carbocycles. The Morgan fingerprint density at radius 2 is 1.81 bits per heavy atom. The van der Waals surface area contributed by atoms with Gasteiger partial charge in [-0.05, 0) is 49.3 Å². The summed E-state index contributed by atoms with van der Waals surface area (Å²) in [5.74, 6) is 2.07. The summed E-state index contributed by atoms with van der Waals surface area (Å²) in [5.41, 5.74) is 1.65. The molecule has 0 unspecified atom stereocenters. The second-order valence-electron chi connectivity index (χ2n) is 8.75. The normalized spacial score (nSPS) is 19.6. The van der Waals surface area contributed by atoms with Crippen molar-refractivity contribution in [2.75, 3.05) is 20.2 Å². The molecule has 1 saturated carbocycles. The van der Waals surface area contributed by atoms with Crippen molar-refractivity contribution >= 4 is 5.91 Å². The summed E-state index contributed by atoms with van der Waals surface area (Å²) in [7, 11) is 1.68. The highest BCUT2D eigenvalue weighted by molar-refractivity contribution is 5.77. The molecule has 0 radical (unpaired) electrons. The molecule has 2 fully saturated rings. The number of methoxy groups -OCH3 is 1. The molecule has 1 aromatic carbocycles. The third kappa shape index (κ3) is 5.06. The quantitative estimate of drug-likeness (QED) is 0.528. The van der Waals surface area contributed by atoms with Crippen LogP contribution < -0.4 is 4.74 Å². The standard InChI is InChI=1S/C24H37NO2/c1-3-4-8-17-24(21-9-6-5-7-10-21)18-25(19-24)23(26)16-13-20-11-14-22(27-2)15-12-20/h11-12,14-15,21H,3-10,13,16-19H2,1-2H3. The average molecular weight is 372 g/mol. The van der Waals surface area contributed by atoms with Gasteiger partial charge >= 0.3 is 0 Å². The van der Waals surface area contributed by atoms with Crippen molar-refractivity contribution in [3.63, 3.8) is 0 Å². The van der Waals surface area contributed by atoms with Crippen LogP contribution in [0.3, 0.4) is 0 Å². The number of carbonyl (C=O) groups excluding carboxylic acids is 1. The number of aryl methyl sites for hydroxylation is 1. The molecule has 0 spiro atoms. The van der Waals surface area contributed by atoms with Gasteiger partial charge in [0, 0.05) is 24.9 Å². The second-order valence-corrected chi connectivity index (χ2v) is 8.75. The lowest BCUT2D eigenvalue weighted by atomic mass is 9.62. The Labute approximate surface area is 165 Å². The molecule has 1 heterocycles. The number of carbonyl (C=O) groups is 1. The second kappa shape index (κ2) is 9.61. The molecule has 3 rings (SSSR count). The van der Waals surface area contributed by atoms with Crippen molar-refractivity contribution in [3.05, 3.63) is 29.8 Å². The minimum Gasteiger partial charge on any atom is -0.497 e. The number of ether oxygens (including phenoxy) is 1. The van der Waals surface area contributed by atoms with Gasteiger partial charge in [0.15, 0.2) is 0 Å². The number of likely N-dealkylation sites (tertiary alicyclic amines) is 1. The fourth-order valence-electron chi connectivity index (χ4n) is 5.15. The van der Waals surface area contributed by atoms with Gasteiger partial charge in [-0.25, -0.2) is 0 Å². The van der Waals surface area contributed by atoms with E-state index in [-0.39, 0.29) is 0 Å². The van der Waals surface area contributed by atoms with E-state index in [0.717, 1.165) is 31.2 Å². The number of amides is 1. The zero-order chi connectivity index (χ0) is 19.1. The van der Waals surface area contributed by atoms with Crippen molar-refractivity contribution in [2.45, 2.75) is 77.6 Å². The van der Waals surface area contributed by atoms with Crippen molar-refractivity contribution < 1.29 is 9.53 Å². The summed E-state index contributed by atoms with van der Waals surface area (Å²) >= 11 is 0. The first-order valence-electron chi connectivity index (χ1n) is 11.1. The number of hydrogen-bond donors (Lipinski definition) is 0. The molecular weight excluding hydrogens is 334 g/mol. The van der Waals surface area contributed by atoms with Crippen molar-refractivity contribution in [1.82, 2.24) is 4.90 Å². The van der Waals surface area contributed by atoms with E-state index in [1.807, 2.05) is 12.1 Å². The van der Waals surface area contributed by atoms with Crippen LogP contribution in [0.5, 0.6) is 5.75 Å². The first-order chi connectivity index (χ1) is 13.2. The highest BCUT2D eigenvalue weighted by atomic mass is 16.5. The predicted octanol–water partition coefficient (Wildman–Crippen LogP) is 5.62. The number of nitrogens with zero attached hydrogens (tertiary/aromatic N) is 1. The molecule has 27 heavy (non-hydrogen) atoms. The summed E-state index contributed by atoms with van der Waals surface area (Å²) in [6.45, 7) is 4.31. The minimum atomic E-state index is 0.341. The topological polar surface area (TPSA) is 29.5 Å². The predicted molar refractivity (Wildman–Crippen MR) is 111 cm³/mol. The minimum absolute atomic E-state index is 0.341. The SMILES string of the molecule is CCCCCC1(C2CCCCC2)CN(C(=O)CCc2ccc(OC)cc2)C1. The Hall–Kier alpha value is -1.51. The van der Waals surface area contributed by atoms with E-state index in [0.29, 0.717) is 17.7 Å². The van der Waals surface area contributed by atoms with Crippen LogP contribution in [0.2, 0.25) is 0 Å². The lowest BCUT2D eigenvalue weighted by Crippen LogP contribution is -2.61. The van der Waals surface area contributed by atoms with Crippen LogP contribution in [0, 0.1) is 11.3 Å². The largest absolute Gasteiger partial charge is 0.497 e. The Bertz CT molecular complexity index is 583. The molecule has 150 valence electrons. The molecule has 0 atom stereocenters. The van der Waals surface area contributed by atoms with Gasteiger partial charge in [0.25, 0.3) is 0 Å². The Kier molecular flexibility index (Phi) is 7.20. The Morgan fingerprint density at radius 3 is 2.44 bits per heavy atom. The van der Waals surface area contributed by atoms with Crippen molar-refractivity contribution in [2.24, 2.45) is 11.3 Å². The smallest absolute Gasteiger partial charge is 0.222 e. The maximum absolute atomic E-state index is 12.7. The first kappa shape index (κ1) is 20.2. The molecule has 2 aliphatic rings. The molecule has 0 N–H and O–H groups in total. The molecule has 0 bridgehead atoms. The van der Waals surface area contributed by atoms with Crippen LogP contribution in [0.15, 0.2) is 24.3 Å². The van der Waals surface area contributed by atoms with E-state index in [2.05, 4.69) is 24.0 Å². The number of benzene rings is 1. The van der Waals surface area contributed by atoms with Gasteiger partial charge in [-0.1, -0.05) is 57.6 Å². The van der Waals surface area contributed by atoms with Crippen LogP contribution in [-0.4, -0.2) is 31.0 Å². The van der Waals surface area contributed by atoms with Crippen molar-refractivity contribution in [1.29, 1.82) is 0 Å². The third-order valence-electron chi connectivity index (χ3n) is 6.90. The number of rotatable bonds is 9. The van der Waals surface area contributed by atoms with E-state index in [1.54, 1.807) is 7.11 Å². The van der Waals surface area contributed by atoms with E-state index in [4.69, 9.17) is 4.74 Å². The molecule has 3 heteroatoms. The summed E-state index contributed by atoms with van der Waals surface area (Å²) in [5, 5.41) is 0. The Balaban J connectivity index is 1.50. The van der Waals surface area contributed by atoms with Crippen molar-refractivity contribution in [3.8, 4) is 5.75 Å². The van der Waals surface area contributed by atoms with Gasteiger partial charge in [-0.15, -0.1) is 0 Å². The summed E-state index contributed by atoms with van der Waals surface area (Å²) < 4.78 is 5.21. The molecule has 1 aliphatic heterocycles. The average Bonchev–Trinajstić information content (AvgIpc) is 2.69. The highest BCUT2D eigenvalue weighted by Gasteiger charge is 2.49. The van der Waals surface area contributed by atoms with Gasteiger partial charge in [-0.3, -0.25) is 4.79 Å². The monoisotopic (exact) mass is 371 g/mol. The molecule has 1 saturated heterocycles. The van der Waals surface area contributed by atoms with Gasteiger partial charge in [0.05, 0.1) is 7.11 Å². The fraction of sp³-hybridized carbons (Fsp3) is 0.708. The summed E-state index contributed by atoms with van der Waals surface area (Å²) in [4.78, 5) is 14.9. The first-order valence-corrected chi connectivity index (χ1v) is 11.1. The van der Waals surface area contributed by atoms with E-state index < -0.39 is 0 Å². The molecule has 3 nitrogen and oxygen atoms in total. The number of hydrogen-bond acceptors (Lipinski definition) is 2. The van der Waals surface area contributed by atoms with Gasteiger partial charge in [-0.2, -0.15) is 0 Å². The number of unbranched alkanes of at least 4 members (excludes halogenated alkanes) is 2. The summed E-state index contributed by atoms with van der Waals surface area (Å²) in [6.07, 6.45) is 13.7. The molecule has 1 aromatic rings. The lowest BCUT2D eigenvalue weighted by Gasteiger charge is -2.56. The van der Waals surface area contributed by atoms with Crippen LogP contribution in [0.1, 0.15) is 76.7 Å². The van der Waals surface area contributed by atoms with Gasteiger partial charge < -0.3 is 9.64 Å². The fourth-order valence-corrected chi connectivity index (χ4v) is 5.15. The maximum Gasteiger partial charge on any atom is 0.222 e. The van der Waals surface area contributed by atoms with Crippen LogP contribution in [-0.2, 0) is 11.2 Å². The third-order valence-corrected chi connectivity index (χ3v) is 6.90. The zero-order valence-electron chi connectivity index (χ0n) is 17.3. The van der Waals surface area contributed by atoms with Crippen LogP contribution in [0.25, 0.3) is 0 Å². The lowest BCUT2D eigenvalue weighted by molar-refractivity contribution is -0.149. The van der Waals surface area contributed by atoms with E-state index >= 15 is 0 Å². The Morgan fingerprint density at radius 1 is 1.11 bits per heavy atom. The summed E-state index contributed by atoms with van der Waals surface area (Å²) in [6, 6.07) is 8.09. The van der Waals surface area contributed by atoms with E-state index in [1.165, 1.54) is 63.4 Å². The molecule has 0 aromatic heterocycles. The van der Waals surface area contributed by atoms with Crippen LogP contribution in [0.4, 0.5) is 0 Å². The van der Waals surface area contributed by atoms with Crippen LogP contribution >= 0.6 is 0 Å². The zero-order valence-corrected chi connectivity index (χ0v) is 17.3. The maximum atomic E-state index is 12.7. The van der Waals surface area contributed by atoms with Gasteiger partial charge in [0.2, 0.25) is 5.91 Å². The highest BCUT2D eigenvalue weighted by Crippen LogP contribution is 2.48. The van der Waals surface area contributed by atoms with Gasteiger partial charge in [0.1, 0.15) is 5.75 Å². The molecule has 1 amide bonds. The molecular formula is C24H37NO2.